The third-order valence-corrected chi connectivity index (χ3v) is 14.0. The van der Waals surface area contributed by atoms with Crippen LogP contribution in [0.3, 0.4) is 0 Å². The van der Waals surface area contributed by atoms with E-state index in [1.165, 1.54) is 28.7 Å². The highest BCUT2D eigenvalue weighted by molar-refractivity contribution is 7.89. The SMILES string of the molecule is C=C(NCC(=O)O)c1ccc(S(=O)(=O)N2CCC(c3ccc(OCCOCCOCCOCCOCCOCCOCCOc4cc(C(C)(C)C)c(NC(=O)c5c[nH]c6ccccc6c5=O)cc4O)cc3)CC2)cc1. The first-order valence-electron chi connectivity index (χ1n) is 25.0. The number of aromatic hydroxyl groups is 1. The summed E-state index contributed by atoms with van der Waals surface area (Å²) in [4.78, 5) is 40.2. The maximum Gasteiger partial charge on any atom is 0.322 e. The molecule has 6 rings (SSSR count). The first-order chi connectivity index (χ1) is 36.1. The number of carbonyl (C=O) groups is 2. The van der Waals surface area contributed by atoms with Gasteiger partial charge in [0.1, 0.15) is 31.1 Å². The fourth-order valence-electron chi connectivity index (χ4n) is 8.09. The van der Waals surface area contributed by atoms with Crippen LogP contribution in [-0.4, -0.2) is 152 Å². The van der Waals surface area contributed by atoms with Crippen LogP contribution in [0.15, 0.2) is 107 Å². The molecule has 5 aromatic rings. The highest BCUT2D eigenvalue weighted by Gasteiger charge is 2.30. The number of phenols is 1. The van der Waals surface area contributed by atoms with Crippen molar-refractivity contribution in [2.75, 3.05) is 117 Å². The molecule has 0 spiro atoms. The van der Waals surface area contributed by atoms with E-state index in [0.717, 1.165) is 11.3 Å². The number of carboxylic acids is 1. The van der Waals surface area contributed by atoms with Crippen LogP contribution in [0.4, 0.5) is 5.69 Å². The molecule has 0 saturated carbocycles. The van der Waals surface area contributed by atoms with Gasteiger partial charge < -0.3 is 63.7 Å². The van der Waals surface area contributed by atoms with Crippen LogP contribution in [0.5, 0.6) is 17.2 Å². The van der Waals surface area contributed by atoms with E-state index in [4.69, 9.17) is 43.0 Å². The monoisotopic (exact) mass is 1060 g/mol. The third-order valence-electron chi connectivity index (χ3n) is 12.1. The van der Waals surface area contributed by atoms with Gasteiger partial charge >= 0.3 is 5.97 Å². The number of pyridine rings is 1. The summed E-state index contributed by atoms with van der Waals surface area (Å²) in [7, 11) is -3.67. The average Bonchev–Trinajstić information content (AvgIpc) is 3.40. The molecular weight excluding hydrogens is 989 g/mol. The summed E-state index contributed by atoms with van der Waals surface area (Å²) in [5.74, 6) is -0.565. The minimum Gasteiger partial charge on any atom is -0.504 e. The largest absolute Gasteiger partial charge is 0.504 e. The fraction of sp³-hybridized carbons (Fsp3) is 0.436. The number of rotatable bonds is 32. The highest BCUT2D eigenvalue weighted by atomic mass is 32.2. The number of aromatic amines is 1. The molecule has 1 aromatic heterocycles. The Balaban J connectivity index is 0.717. The Bertz CT molecular complexity index is 2790. The maximum atomic E-state index is 13.3. The topological polar surface area (TPSA) is 243 Å². The van der Waals surface area contributed by atoms with E-state index in [2.05, 4.69) is 22.2 Å². The number of benzene rings is 4. The number of para-hydroxylation sites is 1. The normalized spacial score (nSPS) is 13.4. The molecule has 4 aromatic carbocycles. The Morgan fingerprint density at radius 3 is 1.81 bits per heavy atom. The lowest BCUT2D eigenvalue weighted by Crippen LogP contribution is -2.37. The average molecular weight is 1060 g/mol. The molecule has 1 aliphatic heterocycles. The van der Waals surface area contributed by atoms with Gasteiger partial charge in [0, 0.05) is 47.6 Å². The van der Waals surface area contributed by atoms with Crippen LogP contribution < -0.4 is 25.5 Å². The lowest BCUT2D eigenvalue weighted by atomic mass is 9.85. The Hall–Kier alpha value is -6.36. The summed E-state index contributed by atoms with van der Waals surface area (Å²) in [6.07, 6.45) is 2.78. The summed E-state index contributed by atoms with van der Waals surface area (Å²) in [5, 5.41) is 25.5. The van der Waals surface area contributed by atoms with Crippen LogP contribution in [0.2, 0.25) is 0 Å². The third kappa shape index (κ3) is 17.9. The molecule has 19 nitrogen and oxygen atoms in total. The van der Waals surface area contributed by atoms with Gasteiger partial charge in [0.2, 0.25) is 15.5 Å². The van der Waals surface area contributed by atoms with Crippen molar-refractivity contribution >= 4 is 44.2 Å². The quantitative estimate of drug-likeness (QED) is 0.0287. The molecule has 406 valence electrons. The van der Waals surface area contributed by atoms with Gasteiger partial charge in [-0.15, -0.1) is 0 Å². The van der Waals surface area contributed by atoms with Gasteiger partial charge in [-0.3, -0.25) is 14.4 Å². The van der Waals surface area contributed by atoms with E-state index in [1.54, 1.807) is 42.5 Å². The summed E-state index contributed by atoms with van der Waals surface area (Å²) >= 11 is 0. The zero-order valence-electron chi connectivity index (χ0n) is 42.9. The van der Waals surface area contributed by atoms with E-state index < -0.39 is 27.3 Å². The van der Waals surface area contributed by atoms with E-state index in [1.807, 2.05) is 45.0 Å². The predicted octanol–water partition coefficient (Wildman–Crippen LogP) is 6.55. The van der Waals surface area contributed by atoms with Crippen molar-refractivity contribution in [1.82, 2.24) is 14.6 Å². The number of aromatic nitrogens is 1. The summed E-state index contributed by atoms with van der Waals surface area (Å²) < 4.78 is 73.3. The lowest BCUT2D eigenvalue weighted by Gasteiger charge is -2.31. The van der Waals surface area contributed by atoms with Crippen molar-refractivity contribution in [1.29, 1.82) is 0 Å². The molecular formula is C55H70N4O15S. The Morgan fingerprint density at radius 1 is 0.733 bits per heavy atom. The molecule has 2 heterocycles. The number of piperidine rings is 1. The van der Waals surface area contributed by atoms with Gasteiger partial charge in [-0.05, 0) is 83.3 Å². The first kappa shape index (κ1) is 57.9. The number of H-pyrrole nitrogens is 1. The van der Waals surface area contributed by atoms with Gasteiger partial charge in [0.05, 0.1) is 84.2 Å². The van der Waals surface area contributed by atoms with Crippen molar-refractivity contribution < 1.29 is 66.1 Å². The molecule has 20 heteroatoms. The van der Waals surface area contributed by atoms with Crippen LogP contribution in [0, 0.1) is 0 Å². The minimum absolute atomic E-state index is 0.0396. The Kier molecular flexibility index (Phi) is 22.5. The van der Waals surface area contributed by atoms with E-state index in [0.29, 0.717) is 139 Å². The number of hydrogen-bond donors (Lipinski definition) is 5. The molecule has 0 bridgehead atoms. The predicted molar refractivity (Wildman–Crippen MR) is 284 cm³/mol. The van der Waals surface area contributed by atoms with E-state index in [-0.39, 0.29) is 53.1 Å². The number of amides is 1. The van der Waals surface area contributed by atoms with Gasteiger partial charge in [-0.1, -0.05) is 63.7 Å². The summed E-state index contributed by atoms with van der Waals surface area (Å²) in [6, 6.07) is 24.3. The van der Waals surface area contributed by atoms with Crippen molar-refractivity contribution in [3.8, 4) is 17.2 Å². The van der Waals surface area contributed by atoms with Gasteiger partial charge in [-0.25, -0.2) is 8.42 Å². The number of ether oxygens (including phenoxy) is 8. The van der Waals surface area contributed by atoms with Crippen molar-refractivity contribution in [3.63, 3.8) is 0 Å². The zero-order chi connectivity index (χ0) is 53.6. The first-order valence-corrected chi connectivity index (χ1v) is 26.4. The zero-order valence-corrected chi connectivity index (χ0v) is 43.8. The molecule has 1 aliphatic rings. The van der Waals surface area contributed by atoms with Crippen molar-refractivity contribution in [2.24, 2.45) is 0 Å². The number of hydrogen-bond acceptors (Lipinski definition) is 15. The molecule has 1 amide bonds. The van der Waals surface area contributed by atoms with Crippen LogP contribution in [-0.2, 0) is 48.7 Å². The molecule has 5 N–H and O–H groups in total. The van der Waals surface area contributed by atoms with E-state index >= 15 is 0 Å². The van der Waals surface area contributed by atoms with Crippen molar-refractivity contribution in [3.05, 3.63) is 130 Å². The molecule has 1 fully saturated rings. The molecule has 0 aliphatic carbocycles. The molecule has 1 saturated heterocycles. The Morgan fingerprint density at radius 2 is 1.27 bits per heavy atom. The Labute approximate surface area is 438 Å². The summed E-state index contributed by atoms with van der Waals surface area (Å²) in [6.45, 7) is 15.6. The van der Waals surface area contributed by atoms with E-state index in [9.17, 15) is 27.9 Å². The number of anilines is 1. The number of aliphatic carboxylic acids is 1. The number of carbonyl (C=O) groups excluding carboxylic acids is 1. The minimum atomic E-state index is -3.67. The summed E-state index contributed by atoms with van der Waals surface area (Å²) in [5.41, 5.74) is 3.01. The molecule has 75 heavy (non-hydrogen) atoms. The smallest absolute Gasteiger partial charge is 0.322 e. The van der Waals surface area contributed by atoms with Crippen LogP contribution in [0.25, 0.3) is 16.6 Å². The number of nitrogens with one attached hydrogen (secondary N) is 3. The number of fused-ring (bicyclic) bond motifs is 1. The molecule has 0 radical (unpaired) electrons. The van der Waals surface area contributed by atoms with Crippen molar-refractivity contribution in [2.45, 2.75) is 49.8 Å². The highest BCUT2D eigenvalue weighted by Crippen LogP contribution is 2.39. The number of sulfonamides is 1. The number of phenolic OH excluding ortho intramolecular Hbond substituents is 1. The second kappa shape index (κ2) is 29.1. The number of carboxylic acid groups (broad SMARTS) is 1. The fourth-order valence-corrected chi connectivity index (χ4v) is 9.56. The maximum absolute atomic E-state index is 13.3. The molecule has 0 unspecified atom stereocenters. The standard InChI is InChI=1S/C55H70N4O15S/c1-39(56-38-52(61)62)40-11-15-44(16-12-40)75(65,66)59-19-17-42(18-20-59)41-9-13-43(14-10-41)73-33-31-71-29-27-69-25-23-67-21-22-68-24-26-70-28-30-72-32-34-74-51-35-47(55(2,3)4)49(36-50(51)60)58-54(64)46-37-57-48-8-6-5-7-45(48)53(46)63/h5-16,35-37,42,56,60H,1,17-34,38H2,2-4H3,(H,57,63)(H,58,64)(H,61,62). The molecule has 0 atom stereocenters. The van der Waals surface area contributed by atoms with Gasteiger partial charge in [0.15, 0.2) is 11.5 Å². The number of nitrogens with zero attached hydrogens (tertiary/aromatic N) is 1. The second-order valence-corrected chi connectivity index (χ2v) is 20.5. The lowest BCUT2D eigenvalue weighted by molar-refractivity contribution is -0.135. The van der Waals surface area contributed by atoms with Gasteiger partial charge in [-0.2, -0.15) is 4.31 Å². The second-order valence-electron chi connectivity index (χ2n) is 18.5. The van der Waals surface area contributed by atoms with Crippen LogP contribution in [0.1, 0.15) is 66.6 Å². The van der Waals surface area contributed by atoms with Gasteiger partial charge in [0.25, 0.3) is 5.91 Å². The van der Waals surface area contributed by atoms with Crippen LogP contribution >= 0.6 is 0 Å².